The molecule has 106 valence electrons. The van der Waals surface area contributed by atoms with E-state index in [1.165, 1.54) is 11.6 Å². The van der Waals surface area contributed by atoms with Crippen LogP contribution in [0.3, 0.4) is 0 Å². The molecule has 0 atom stereocenters. The van der Waals surface area contributed by atoms with Gasteiger partial charge in [0.1, 0.15) is 5.82 Å². The molecule has 0 aromatic heterocycles. The highest BCUT2D eigenvalue weighted by atomic mass is 19.1. The molecule has 2 aromatic rings. The van der Waals surface area contributed by atoms with Crippen molar-refractivity contribution in [2.24, 2.45) is 0 Å². The first-order valence-electron chi connectivity index (χ1n) is 6.84. The molecular formula is C17H21FN2. The van der Waals surface area contributed by atoms with Crippen LogP contribution in [0.5, 0.6) is 0 Å². The summed E-state index contributed by atoms with van der Waals surface area (Å²) in [5, 5.41) is 3.33. The van der Waals surface area contributed by atoms with E-state index in [2.05, 4.69) is 31.3 Å². The normalized spacial score (nSPS) is 11.3. The van der Waals surface area contributed by atoms with Crippen molar-refractivity contribution in [3.05, 3.63) is 59.9 Å². The first kappa shape index (κ1) is 14.4. The summed E-state index contributed by atoms with van der Waals surface area (Å²) < 4.78 is 13.4. The van der Waals surface area contributed by atoms with Crippen LogP contribution in [0, 0.1) is 5.82 Å². The Morgan fingerprint density at radius 3 is 2.45 bits per heavy atom. The van der Waals surface area contributed by atoms with Gasteiger partial charge < -0.3 is 11.1 Å². The first-order valence-corrected chi connectivity index (χ1v) is 6.84. The molecule has 2 nitrogen and oxygen atoms in total. The zero-order valence-electron chi connectivity index (χ0n) is 12.0. The van der Waals surface area contributed by atoms with Gasteiger partial charge in [0.25, 0.3) is 0 Å². The summed E-state index contributed by atoms with van der Waals surface area (Å²) in [7, 11) is 0. The molecule has 2 rings (SSSR count). The third kappa shape index (κ3) is 3.73. The number of rotatable bonds is 5. The maximum atomic E-state index is 13.4. The van der Waals surface area contributed by atoms with Gasteiger partial charge in [-0.15, -0.1) is 0 Å². The van der Waals surface area contributed by atoms with Gasteiger partial charge in [-0.05, 0) is 44.4 Å². The third-order valence-corrected chi connectivity index (χ3v) is 3.41. The van der Waals surface area contributed by atoms with E-state index in [0.29, 0.717) is 5.69 Å². The lowest BCUT2D eigenvalue weighted by Crippen LogP contribution is -2.31. The topological polar surface area (TPSA) is 38.0 Å². The minimum atomic E-state index is -0.381. The Hall–Kier alpha value is -2.03. The second-order valence-electron chi connectivity index (χ2n) is 5.70. The van der Waals surface area contributed by atoms with Gasteiger partial charge in [0, 0.05) is 5.54 Å². The molecule has 0 unspecified atom stereocenters. The van der Waals surface area contributed by atoms with Crippen LogP contribution in [-0.2, 0) is 6.42 Å². The average Bonchev–Trinajstić information content (AvgIpc) is 2.43. The van der Waals surface area contributed by atoms with Crippen LogP contribution in [0.2, 0.25) is 0 Å². The largest absolute Gasteiger partial charge is 0.395 e. The highest BCUT2D eigenvalue weighted by Gasteiger charge is 2.19. The Balaban J connectivity index is 2.02. The second-order valence-corrected chi connectivity index (χ2v) is 5.70. The summed E-state index contributed by atoms with van der Waals surface area (Å²) in [6.07, 6.45) is 1.91. The van der Waals surface area contributed by atoms with E-state index in [1.807, 2.05) is 24.3 Å². The Morgan fingerprint density at radius 2 is 1.75 bits per heavy atom. The summed E-state index contributed by atoms with van der Waals surface area (Å²) in [5.41, 5.74) is 7.74. The van der Waals surface area contributed by atoms with Crippen LogP contribution < -0.4 is 11.1 Å². The summed E-state index contributed by atoms with van der Waals surface area (Å²) >= 11 is 0. The Labute approximate surface area is 119 Å². The standard InChI is InChI=1S/C17H21FN2/c1-17(2,12-11-13-7-4-3-5-8-13)20-15-10-6-9-14(18)16(15)19/h3-10,20H,11-12,19H2,1-2H3. The maximum absolute atomic E-state index is 13.4. The van der Waals surface area contributed by atoms with Crippen LogP contribution >= 0.6 is 0 Å². The molecule has 0 fully saturated rings. The Kier molecular flexibility index (Phi) is 4.28. The maximum Gasteiger partial charge on any atom is 0.148 e. The molecule has 0 spiro atoms. The molecule has 2 aromatic carbocycles. The Morgan fingerprint density at radius 1 is 1.05 bits per heavy atom. The van der Waals surface area contributed by atoms with Crippen molar-refractivity contribution >= 4 is 11.4 Å². The molecule has 0 bridgehead atoms. The van der Waals surface area contributed by atoms with Crippen molar-refractivity contribution in [1.29, 1.82) is 0 Å². The number of para-hydroxylation sites is 1. The molecule has 0 heterocycles. The lowest BCUT2D eigenvalue weighted by molar-refractivity contribution is 0.518. The third-order valence-electron chi connectivity index (χ3n) is 3.41. The van der Waals surface area contributed by atoms with Gasteiger partial charge in [-0.2, -0.15) is 0 Å². The lowest BCUT2D eigenvalue weighted by Gasteiger charge is -2.28. The van der Waals surface area contributed by atoms with Gasteiger partial charge in [-0.3, -0.25) is 0 Å². The predicted molar refractivity (Wildman–Crippen MR) is 83.3 cm³/mol. The van der Waals surface area contributed by atoms with Crippen molar-refractivity contribution in [2.45, 2.75) is 32.2 Å². The van der Waals surface area contributed by atoms with Gasteiger partial charge >= 0.3 is 0 Å². The van der Waals surface area contributed by atoms with Gasteiger partial charge in [-0.1, -0.05) is 36.4 Å². The van der Waals surface area contributed by atoms with Crippen LogP contribution in [0.4, 0.5) is 15.8 Å². The van der Waals surface area contributed by atoms with Crippen LogP contribution in [0.1, 0.15) is 25.8 Å². The number of nitrogen functional groups attached to an aromatic ring is 1. The van der Waals surface area contributed by atoms with E-state index in [4.69, 9.17) is 5.73 Å². The molecule has 0 aliphatic carbocycles. The van der Waals surface area contributed by atoms with Gasteiger partial charge in [0.15, 0.2) is 0 Å². The summed E-state index contributed by atoms with van der Waals surface area (Å²) in [6, 6.07) is 15.2. The number of nitrogens with two attached hydrogens (primary N) is 1. The lowest BCUT2D eigenvalue weighted by atomic mass is 9.94. The van der Waals surface area contributed by atoms with E-state index < -0.39 is 0 Å². The van der Waals surface area contributed by atoms with E-state index in [-0.39, 0.29) is 17.0 Å². The number of anilines is 2. The van der Waals surface area contributed by atoms with Crippen LogP contribution in [-0.4, -0.2) is 5.54 Å². The smallest absolute Gasteiger partial charge is 0.148 e. The van der Waals surface area contributed by atoms with Gasteiger partial charge in [0.2, 0.25) is 0 Å². The summed E-state index contributed by atoms with van der Waals surface area (Å²) in [4.78, 5) is 0. The zero-order valence-corrected chi connectivity index (χ0v) is 12.0. The SMILES string of the molecule is CC(C)(CCc1ccccc1)Nc1cccc(F)c1N. The zero-order chi connectivity index (χ0) is 14.6. The highest BCUT2D eigenvalue weighted by Crippen LogP contribution is 2.26. The minimum Gasteiger partial charge on any atom is -0.395 e. The number of benzene rings is 2. The minimum absolute atomic E-state index is 0.155. The fourth-order valence-corrected chi connectivity index (χ4v) is 2.17. The summed E-state index contributed by atoms with van der Waals surface area (Å²) in [5.74, 6) is -0.381. The van der Waals surface area contributed by atoms with Crippen molar-refractivity contribution in [1.82, 2.24) is 0 Å². The predicted octanol–water partition coefficient (Wildman–Crippen LogP) is 4.23. The Bertz CT molecular complexity index is 564. The number of halogens is 1. The van der Waals surface area contributed by atoms with Crippen molar-refractivity contribution in [3.8, 4) is 0 Å². The monoisotopic (exact) mass is 272 g/mol. The number of aryl methyl sites for hydroxylation is 1. The summed E-state index contributed by atoms with van der Waals surface area (Å²) in [6.45, 7) is 4.20. The molecule has 0 saturated carbocycles. The molecule has 3 N–H and O–H groups in total. The van der Waals surface area contributed by atoms with Crippen LogP contribution in [0.25, 0.3) is 0 Å². The van der Waals surface area contributed by atoms with E-state index in [0.717, 1.165) is 12.8 Å². The molecule has 0 saturated heterocycles. The fraction of sp³-hybridized carbons (Fsp3) is 0.294. The molecule has 0 radical (unpaired) electrons. The van der Waals surface area contributed by atoms with Crippen LogP contribution in [0.15, 0.2) is 48.5 Å². The van der Waals surface area contributed by atoms with Crippen molar-refractivity contribution < 1.29 is 4.39 Å². The molecule has 20 heavy (non-hydrogen) atoms. The number of nitrogens with one attached hydrogen (secondary N) is 1. The average molecular weight is 272 g/mol. The van der Waals surface area contributed by atoms with Gasteiger partial charge in [-0.25, -0.2) is 4.39 Å². The molecule has 0 aliphatic heterocycles. The highest BCUT2D eigenvalue weighted by molar-refractivity contribution is 5.67. The van der Waals surface area contributed by atoms with E-state index >= 15 is 0 Å². The molecular weight excluding hydrogens is 251 g/mol. The number of hydrogen-bond donors (Lipinski definition) is 2. The van der Waals surface area contributed by atoms with Crippen molar-refractivity contribution in [2.75, 3.05) is 11.1 Å². The quantitative estimate of drug-likeness (QED) is 0.799. The van der Waals surface area contributed by atoms with E-state index in [9.17, 15) is 4.39 Å². The fourth-order valence-electron chi connectivity index (χ4n) is 2.17. The second kappa shape index (κ2) is 5.95. The number of hydrogen-bond acceptors (Lipinski definition) is 2. The molecule has 0 amide bonds. The van der Waals surface area contributed by atoms with Crippen molar-refractivity contribution in [3.63, 3.8) is 0 Å². The first-order chi connectivity index (χ1) is 9.48. The van der Waals surface area contributed by atoms with E-state index in [1.54, 1.807) is 6.07 Å². The molecule has 0 aliphatic rings. The van der Waals surface area contributed by atoms with Gasteiger partial charge in [0.05, 0.1) is 11.4 Å². The molecule has 3 heteroatoms.